The average Bonchev–Trinajstić information content (AvgIpc) is 3.01. The molecule has 0 atom stereocenters. The van der Waals surface area contributed by atoms with Crippen molar-refractivity contribution >= 4 is 23.9 Å². The molecule has 3 aromatic rings. The summed E-state index contributed by atoms with van der Waals surface area (Å²) in [5.41, 5.74) is 3.34. The van der Waals surface area contributed by atoms with Gasteiger partial charge in [-0.2, -0.15) is 0 Å². The van der Waals surface area contributed by atoms with Gasteiger partial charge in [0.15, 0.2) is 0 Å². The Kier molecular flexibility index (Phi) is 13.2. The quantitative estimate of drug-likeness (QED) is 0.179. The zero-order chi connectivity index (χ0) is 29.3. The van der Waals surface area contributed by atoms with Crippen LogP contribution in [0.25, 0.3) is 6.08 Å². The predicted octanol–water partition coefficient (Wildman–Crippen LogP) is 4.42. The van der Waals surface area contributed by atoms with Crippen LogP contribution in [0.3, 0.4) is 0 Å². The number of nitrogens with zero attached hydrogens (tertiary/aromatic N) is 2. The number of likely N-dealkylation sites (tertiary alicyclic amines) is 1. The van der Waals surface area contributed by atoms with Crippen LogP contribution < -0.4 is 5.32 Å². The summed E-state index contributed by atoms with van der Waals surface area (Å²) in [6, 6.07) is 24.8. The Balaban J connectivity index is 0.000000696. The second-order valence-corrected chi connectivity index (χ2v) is 9.61. The van der Waals surface area contributed by atoms with E-state index in [0.29, 0.717) is 6.54 Å². The maximum Gasteiger partial charge on any atom is 0.414 e. The second kappa shape index (κ2) is 17.4. The minimum atomic E-state index is -1.82. The average molecular weight is 560 g/mol. The van der Waals surface area contributed by atoms with E-state index < -0.39 is 11.9 Å². The molecule has 3 N–H and O–H groups in total. The van der Waals surface area contributed by atoms with Crippen molar-refractivity contribution in [2.45, 2.75) is 37.9 Å². The van der Waals surface area contributed by atoms with Gasteiger partial charge in [0.25, 0.3) is 0 Å². The lowest BCUT2D eigenvalue weighted by Crippen LogP contribution is -2.38. The topological polar surface area (TPSA) is 129 Å². The number of carboxylic acids is 2. The van der Waals surface area contributed by atoms with E-state index >= 15 is 0 Å². The Hall–Kier alpha value is -4.34. The summed E-state index contributed by atoms with van der Waals surface area (Å²) in [5.74, 6) is -3.71. The lowest BCUT2D eigenvalue weighted by molar-refractivity contribution is -0.159. The molecule has 1 aliphatic heterocycles. The van der Waals surface area contributed by atoms with Crippen LogP contribution in [0.5, 0.6) is 0 Å². The molecule has 1 aliphatic rings. The van der Waals surface area contributed by atoms with Crippen LogP contribution in [-0.4, -0.2) is 70.2 Å². The molecule has 9 nitrogen and oxygen atoms in total. The van der Waals surface area contributed by atoms with E-state index in [9.17, 15) is 4.79 Å². The first-order valence-corrected chi connectivity index (χ1v) is 13.7. The maximum atomic E-state index is 12.0. The SMILES string of the molecule is O=C(/C=C/c1cccnc1)NCCCCN1CCC(OC(c2ccccc2)c2ccccc2)CC1.O=C(O)C(=O)O. The van der Waals surface area contributed by atoms with Crippen molar-refractivity contribution < 1.29 is 29.3 Å². The number of carboxylic acid groups (broad SMARTS) is 2. The number of aromatic nitrogens is 1. The molecule has 9 heteroatoms. The Morgan fingerprint density at radius 2 is 1.51 bits per heavy atom. The first-order valence-electron chi connectivity index (χ1n) is 13.7. The number of piperidine rings is 1. The van der Waals surface area contributed by atoms with Gasteiger partial charge in [-0.05, 0) is 61.1 Å². The van der Waals surface area contributed by atoms with Gasteiger partial charge in [0.1, 0.15) is 6.10 Å². The molecule has 41 heavy (non-hydrogen) atoms. The molecule has 1 saturated heterocycles. The van der Waals surface area contributed by atoms with Crippen LogP contribution in [0.15, 0.2) is 91.3 Å². The monoisotopic (exact) mass is 559 g/mol. The molecule has 2 aromatic carbocycles. The maximum absolute atomic E-state index is 12.0. The van der Waals surface area contributed by atoms with Gasteiger partial charge in [0.2, 0.25) is 5.91 Å². The standard InChI is InChI=1S/C30H35N3O2.C2H2O4/c34-29(16-15-25-10-9-19-31-24-25)32-20-7-8-21-33-22-17-28(18-23-33)35-30(26-11-3-1-4-12-26)27-13-5-2-6-14-27;3-1(4)2(5)6/h1-6,9-16,19,24,28,30H,7-8,17-18,20-23H2,(H,32,34);(H,3,4)(H,5,6)/b16-15+;. The summed E-state index contributed by atoms with van der Waals surface area (Å²) < 4.78 is 6.65. The summed E-state index contributed by atoms with van der Waals surface area (Å²) in [5, 5.41) is 17.7. The third kappa shape index (κ3) is 11.7. The normalized spacial score (nSPS) is 13.9. The molecule has 0 spiro atoms. The van der Waals surface area contributed by atoms with E-state index in [-0.39, 0.29) is 18.1 Å². The highest BCUT2D eigenvalue weighted by molar-refractivity contribution is 6.27. The van der Waals surface area contributed by atoms with Gasteiger partial charge in [-0.25, -0.2) is 9.59 Å². The van der Waals surface area contributed by atoms with E-state index in [1.54, 1.807) is 24.5 Å². The van der Waals surface area contributed by atoms with Crippen LogP contribution in [0, 0.1) is 0 Å². The summed E-state index contributed by atoms with van der Waals surface area (Å²) in [7, 11) is 0. The first kappa shape index (κ1) is 31.2. The molecule has 0 aliphatic carbocycles. The molecule has 1 aromatic heterocycles. The Labute approximate surface area is 240 Å². The molecule has 2 heterocycles. The number of nitrogens with one attached hydrogen (secondary N) is 1. The fraction of sp³-hybridized carbons (Fsp3) is 0.312. The van der Waals surface area contributed by atoms with E-state index in [0.717, 1.165) is 50.9 Å². The molecular weight excluding hydrogens is 522 g/mol. The number of carbonyl (C=O) groups excluding carboxylic acids is 1. The van der Waals surface area contributed by atoms with Gasteiger partial charge in [0, 0.05) is 38.1 Å². The highest BCUT2D eigenvalue weighted by Gasteiger charge is 2.24. The van der Waals surface area contributed by atoms with Crippen LogP contribution in [0.4, 0.5) is 0 Å². The number of unbranched alkanes of at least 4 members (excludes halogenated alkanes) is 1. The summed E-state index contributed by atoms with van der Waals surface area (Å²) in [6.45, 7) is 3.88. The number of aliphatic carboxylic acids is 2. The molecule has 1 fully saturated rings. The lowest BCUT2D eigenvalue weighted by atomic mass is 10.00. The number of pyridine rings is 1. The van der Waals surface area contributed by atoms with Crippen molar-refractivity contribution in [3.8, 4) is 0 Å². The third-order valence-electron chi connectivity index (χ3n) is 6.56. The second-order valence-electron chi connectivity index (χ2n) is 9.61. The Morgan fingerprint density at radius 3 is 2.05 bits per heavy atom. The number of hydrogen-bond acceptors (Lipinski definition) is 6. The minimum absolute atomic E-state index is 0.0234. The Bertz CT molecular complexity index is 1180. The highest BCUT2D eigenvalue weighted by atomic mass is 16.5. The van der Waals surface area contributed by atoms with Crippen molar-refractivity contribution in [1.29, 1.82) is 0 Å². The highest BCUT2D eigenvalue weighted by Crippen LogP contribution is 2.30. The van der Waals surface area contributed by atoms with E-state index in [1.165, 1.54) is 11.1 Å². The van der Waals surface area contributed by atoms with E-state index in [2.05, 4.69) is 75.9 Å². The van der Waals surface area contributed by atoms with Crippen LogP contribution in [0.1, 0.15) is 48.5 Å². The van der Waals surface area contributed by atoms with Gasteiger partial charge in [-0.15, -0.1) is 0 Å². The molecular formula is C32H37N3O6. The molecule has 0 bridgehead atoms. The zero-order valence-electron chi connectivity index (χ0n) is 23.0. The molecule has 0 unspecified atom stereocenters. The van der Waals surface area contributed by atoms with Crippen molar-refractivity contribution in [2.75, 3.05) is 26.2 Å². The summed E-state index contributed by atoms with van der Waals surface area (Å²) in [6.07, 6.45) is 11.2. The number of benzene rings is 2. The number of ether oxygens (including phenoxy) is 1. The first-order chi connectivity index (χ1) is 19.9. The summed E-state index contributed by atoms with van der Waals surface area (Å²) in [4.78, 5) is 36.7. The fourth-order valence-corrected chi connectivity index (χ4v) is 4.44. The smallest absolute Gasteiger partial charge is 0.414 e. The van der Waals surface area contributed by atoms with Crippen LogP contribution in [0.2, 0.25) is 0 Å². The van der Waals surface area contributed by atoms with E-state index in [1.807, 2.05) is 12.1 Å². The molecule has 0 radical (unpaired) electrons. The lowest BCUT2D eigenvalue weighted by Gasteiger charge is -2.34. The summed E-state index contributed by atoms with van der Waals surface area (Å²) >= 11 is 0. The zero-order valence-corrected chi connectivity index (χ0v) is 23.0. The van der Waals surface area contributed by atoms with E-state index in [4.69, 9.17) is 24.5 Å². The molecule has 4 rings (SSSR count). The largest absolute Gasteiger partial charge is 0.473 e. The molecule has 0 saturated carbocycles. The Morgan fingerprint density at radius 1 is 0.902 bits per heavy atom. The van der Waals surface area contributed by atoms with Crippen molar-refractivity contribution in [1.82, 2.24) is 15.2 Å². The number of rotatable bonds is 11. The predicted molar refractivity (Wildman–Crippen MR) is 156 cm³/mol. The van der Waals surface area contributed by atoms with Gasteiger partial charge < -0.3 is 25.2 Å². The molecule has 216 valence electrons. The van der Waals surface area contributed by atoms with Crippen molar-refractivity contribution in [3.05, 3.63) is 108 Å². The molecule has 1 amide bonds. The van der Waals surface area contributed by atoms with Gasteiger partial charge in [0.05, 0.1) is 6.10 Å². The fourth-order valence-electron chi connectivity index (χ4n) is 4.44. The number of hydrogen-bond donors (Lipinski definition) is 3. The van der Waals surface area contributed by atoms with Crippen LogP contribution >= 0.6 is 0 Å². The number of carbonyl (C=O) groups is 3. The van der Waals surface area contributed by atoms with Crippen molar-refractivity contribution in [2.24, 2.45) is 0 Å². The third-order valence-corrected chi connectivity index (χ3v) is 6.56. The van der Waals surface area contributed by atoms with Gasteiger partial charge in [-0.1, -0.05) is 66.7 Å². The number of amides is 1. The van der Waals surface area contributed by atoms with Crippen LogP contribution in [-0.2, 0) is 19.1 Å². The minimum Gasteiger partial charge on any atom is -0.473 e. The van der Waals surface area contributed by atoms with Gasteiger partial charge >= 0.3 is 11.9 Å². The van der Waals surface area contributed by atoms with Gasteiger partial charge in [-0.3, -0.25) is 9.78 Å². The van der Waals surface area contributed by atoms with Crippen molar-refractivity contribution in [3.63, 3.8) is 0 Å².